The Bertz CT molecular complexity index is 86.1. The Labute approximate surface area is 53.0 Å². The van der Waals surface area contributed by atoms with Crippen LogP contribution in [-0.4, -0.2) is 17.4 Å². The lowest BCUT2D eigenvalue weighted by atomic mass is 10.5. The van der Waals surface area contributed by atoms with Crippen molar-refractivity contribution in [3.63, 3.8) is 0 Å². The van der Waals surface area contributed by atoms with E-state index in [0.717, 1.165) is 0 Å². The van der Waals surface area contributed by atoms with Crippen LogP contribution in [0.15, 0.2) is 0 Å². The van der Waals surface area contributed by atoms with E-state index in [9.17, 15) is 4.79 Å². The van der Waals surface area contributed by atoms with Gasteiger partial charge in [0.15, 0.2) is 0 Å². The molecule has 0 aromatic heterocycles. The van der Waals surface area contributed by atoms with Crippen LogP contribution < -0.4 is 11.3 Å². The lowest BCUT2D eigenvalue weighted by molar-refractivity contribution is -0.120. The summed E-state index contributed by atoms with van der Waals surface area (Å²) in [6.45, 7) is 1.80. The van der Waals surface area contributed by atoms with Crippen LogP contribution in [0.3, 0.4) is 0 Å². The first-order chi connectivity index (χ1) is 3.72. The number of hydrogen-bond donors (Lipinski definition) is 2. The van der Waals surface area contributed by atoms with Gasteiger partial charge in [0.05, 0.1) is 5.25 Å². The zero-order valence-electron chi connectivity index (χ0n) is 4.97. The molecule has 0 saturated carbocycles. The second-order valence-electron chi connectivity index (χ2n) is 1.39. The van der Waals surface area contributed by atoms with Gasteiger partial charge in [-0.25, -0.2) is 5.84 Å². The molecule has 0 aliphatic rings. The summed E-state index contributed by atoms with van der Waals surface area (Å²) in [5.41, 5.74) is 2.06. The third kappa shape index (κ3) is 2.18. The maximum absolute atomic E-state index is 10.5. The van der Waals surface area contributed by atoms with Gasteiger partial charge in [-0.3, -0.25) is 10.2 Å². The Balaban J connectivity index is 3.46. The molecule has 3 N–H and O–H groups in total. The van der Waals surface area contributed by atoms with Gasteiger partial charge >= 0.3 is 0 Å². The summed E-state index contributed by atoms with van der Waals surface area (Å²) in [4.78, 5) is 10.5. The van der Waals surface area contributed by atoms with E-state index in [1.165, 1.54) is 11.8 Å². The first kappa shape index (κ1) is 7.78. The molecule has 1 unspecified atom stereocenters. The van der Waals surface area contributed by atoms with Crippen molar-refractivity contribution in [2.45, 2.75) is 12.2 Å². The largest absolute Gasteiger partial charge is 0.293 e. The van der Waals surface area contributed by atoms with Crippen molar-refractivity contribution in [2.75, 3.05) is 6.26 Å². The lowest BCUT2D eigenvalue weighted by Crippen LogP contribution is -2.35. The molecule has 0 aliphatic carbocycles. The molecule has 3 nitrogen and oxygen atoms in total. The molecule has 0 aromatic rings. The summed E-state index contributed by atoms with van der Waals surface area (Å²) < 4.78 is 0. The third-order valence-corrected chi connectivity index (χ3v) is 1.79. The number of hydrazine groups is 1. The maximum atomic E-state index is 10.5. The van der Waals surface area contributed by atoms with Crippen molar-refractivity contribution < 1.29 is 4.79 Å². The molecule has 0 fully saturated rings. The zero-order valence-corrected chi connectivity index (χ0v) is 5.79. The first-order valence-corrected chi connectivity index (χ1v) is 3.54. The predicted molar refractivity (Wildman–Crippen MR) is 35.3 cm³/mol. The predicted octanol–water partition coefficient (Wildman–Crippen LogP) is -0.272. The fourth-order valence-corrected chi connectivity index (χ4v) is 0.507. The average Bonchev–Trinajstić information content (AvgIpc) is 1.84. The summed E-state index contributed by atoms with van der Waals surface area (Å²) >= 11 is 1.47. The van der Waals surface area contributed by atoms with Crippen molar-refractivity contribution in [1.29, 1.82) is 0 Å². The van der Waals surface area contributed by atoms with Crippen molar-refractivity contribution in [2.24, 2.45) is 5.84 Å². The molecule has 0 aliphatic heterocycles. The Hall–Kier alpha value is -0.220. The topological polar surface area (TPSA) is 55.1 Å². The number of rotatable bonds is 2. The first-order valence-electron chi connectivity index (χ1n) is 2.25. The van der Waals surface area contributed by atoms with Crippen LogP contribution in [0.5, 0.6) is 0 Å². The summed E-state index contributed by atoms with van der Waals surface area (Å²) in [5.74, 6) is 4.71. The molecular formula is C4H10N2OS. The Morgan fingerprint density at radius 2 is 2.38 bits per heavy atom. The monoisotopic (exact) mass is 134 g/mol. The van der Waals surface area contributed by atoms with Crippen molar-refractivity contribution in [1.82, 2.24) is 5.43 Å². The van der Waals surface area contributed by atoms with Gasteiger partial charge in [0, 0.05) is 0 Å². The molecule has 1 atom stereocenters. The fourth-order valence-electron chi connectivity index (χ4n) is 0.224. The normalized spacial score (nSPS) is 12.9. The van der Waals surface area contributed by atoms with Crippen LogP contribution >= 0.6 is 11.8 Å². The molecule has 0 spiro atoms. The molecule has 48 valence electrons. The Kier molecular flexibility index (Phi) is 3.64. The molecule has 4 heteroatoms. The number of amides is 1. The van der Waals surface area contributed by atoms with Crippen molar-refractivity contribution in [3.05, 3.63) is 0 Å². The van der Waals surface area contributed by atoms with Gasteiger partial charge in [0.25, 0.3) is 0 Å². The third-order valence-electron chi connectivity index (χ3n) is 0.865. The van der Waals surface area contributed by atoms with Gasteiger partial charge in [-0.05, 0) is 13.2 Å². The van der Waals surface area contributed by atoms with Gasteiger partial charge in [-0.15, -0.1) is 0 Å². The zero-order chi connectivity index (χ0) is 6.57. The molecule has 0 aromatic carbocycles. The molecule has 0 bridgehead atoms. The highest BCUT2D eigenvalue weighted by Crippen LogP contribution is 2.02. The highest BCUT2D eigenvalue weighted by Gasteiger charge is 2.06. The number of carbonyl (C=O) groups excluding carboxylic acids is 1. The van der Waals surface area contributed by atoms with Gasteiger partial charge < -0.3 is 0 Å². The van der Waals surface area contributed by atoms with Gasteiger partial charge in [-0.1, -0.05) is 0 Å². The summed E-state index contributed by atoms with van der Waals surface area (Å²) in [7, 11) is 0. The van der Waals surface area contributed by atoms with E-state index in [1.54, 1.807) is 6.92 Å². The number of carbonyl (C=O) groups is 1. The summed E-state index contributed by atoms with van der Waals surface area (Å²) in [5, 5.41) is -0.0417. The van der Waals surface area contributed by atoms with Crippen molar-refractivity contribution >= 4 is 17.7 Å². The molecule has 0 rings (SSSR count). The molecule has 0 radical (unpaired) electrons. The van der Waals surface area contributed by atoms with Crippen LogP contribution in [0.25, 0.3) is 0 Å². The summed E-state index contributed by atoms with van der Waals surface area (Å²) in [6, 6.07) is 0. The Morgan fingerprint density at radius 3 is 2.50 bits per heavy atom. The maximum Gasteiger partial charge on any atom is 0.246 e. The summed E-state index contributed by atoms with van der Waals surface area (Å²) in [6.07, 6.45) is 1.86. The van der Waals surface area contributed by atoms with E-state index in [4.69, 9.17) is 5.84 Å². The smallest absolute Gasteiger partial charge is 0.246 e. The van der Waals surface area contributed by atoms with Crippen molar-refractivity contribution in [3.8, 4) is 0 Å². The molecule has 8 heavy (non-hydrogen) atoms. The minimum atomic E-state index is -0.127. The second-order valence-corrected chi connectivity index (χ2v) is 2.57. The van der Waals surface area contributed by atoms with Crippen LogP contribution in [0.4, 0.5) is 0 Å². The molecular weight excluding hydrogens is 124 g/mol. The van der Waals surface area contributed by atoms with Crippen LogP contribution in [-0.2, 0) is 4.79 Å². The minimum absolute atomic E-state index is 0.0417. The standard InChI is InChI=1S/C4H10N2OS/c1-3(8-2)4(7)6-5/h3H,5H2,1-2H3,(H,6,7). The van der Waals surface area contributed by atoms with E-state index in [1.807, 2.05) is 6.26 Å². The van der Waals surface area contributed by atoms with Crippen LogP contribution in [0.1, 0.15) is 6.92 Å². The average molecular weight is 134 g/mol. The van der Waals surface area contributed by atoms with Gasteiger partial charge in [0.1, 0.15) is 0 Å². The van der Waals surface area contributed by atoms with Crippen LogP contribution in [0.2, 0.25) is 0 Å². The Morgan fingerprint density at radius 1 is 1.88 bits per heavy atom. The molecule has 0 saturated heterocycles. The van der Waals surface area contributed by atoms with Gasteiger partial charge in [0.2, 0.25) is 5.91 Å². The highest BCUT2D eigenvalue weighted by molar-refractivity contribution is 7.99. The lowest BCUT2D eigenvalue weighted by Gasteiger charge is -2.03. The van der Waals surface area contributed by atoms with E-state index in [0.29, 0.717) is 0 Å². The molecule has 0 heterocycles. The number of thioether (sulfide) groups is 1. The van der Waals surface area contributed by atoms with Crippen LogP contribution in [0, 0.1) is 0 Å². The van der Waals surface area contributed by atoms with E-state index >= 15 is 0 Å². The molecule has 1 amide bonds. The van der Waals surface area contributed by atoms with E-state index < -0.39 is 0 Å². The highest BCUT2D eigenvalue weighted by atomic mass is 32.2. The number of nitrogens with two attached hydrogens (primary N) is 1. The van der Waals surface area contributed by atoms with E-state index in [2.05, 4.69) is 5.43 Å². The minimum Gasteiger partial charge on any atom is -0.293 e. The quantitative estimate of drug-likeness (QED) is 0.310. The second kappa shape index (κ2) is 3.74. The fraction of sp³-hybridized carbons (Fsp3) is 0.750. The SMILES string of the molecule is CSC(C)C(=O)NN. The van der Waals surface area contributed by atoms with E-state index in [-0.39, 0.29) is 11.2 Å². The van der Waals surface area contributed by atoms with Gasteiger partial charge in [-0.2, -0.15) is 11.8 Å². The number of nitrogens with one attached hydrogen (secondary N) is 1. The number of hydrogen-bond acceptors (Lipinski definition) is 3.